The number of nitrogens with one attached hydrogen (secondary N) is 1. The summed E-state index contributed by atoms with van der Waals surface area (Å²) >= 11 is 0. The first-order valence-electron chi connectivity index (χ1n) is 6.40. The molecule has 1 aromatic rings. The third-order valence-corrected chi connectivity index (χ3v) is 3.25. The van der Waals surface area contributed by atoms with E-state index in [0.717, 1.165) is 25.0 Å². The van der Waals surface area contributed by atoms with Gasteiger partial charge in [-0.3, -0.25) is 4.79 Å². The summed E-state index contributed by atoms with van der Waals surface area (Å²) in [5, 5.41) is 3.06. The van der Waals surface area contributed by atoms with E-state index in [1.165, 1.54) is 0 Å². The maximum Gasteiger partial charge on any atom is 0.251 e. The van der Waals surface area contributed by atoms with Gasteiger partial charge in [0.1, 0.15) is 0 Å². The molecule has 98 valence electrons. The second-order valence-corrected chi connectivity index (χ2v) is 4.78. The fourth-order valence-electron chi connectivity index (χ4n) is 2.24. The van der Waals surface area contributed by atoms with Gasteiger partial charge < -0.3 is 15.8 Å². The van der Waals surface area contributed by atoms with Gasteiger partial charge in [-0.1, -0.05) is 12.1 Å². The summed E-state index contributed by atoms with van der Waals surface area (Å²) in [6.45, 7) is 3.21. The van der Waals surface area contributed by atoms with Crippen LogP contribution in [-0.2, 0) is 11.3 Å². The molecule has 0 aromatic heterocycles. The number of carbonyl (C=O) groups is 1. The molecule has 1 heterocycles. The predicted molar refractivity (Wildman–Crippen MR) is 70.2 cm³/mol. The molecule has 2 rings (SSSR count). The lowest BCUT2D eigenvalue weighted by molar-refractivity contribution is 0.0136. The third-order valence-electron chi connectivity index (χ3n) is 3.25. The fraction of sp³-hybridized carbons (Fsp3) is 0.500. The molecule has 4 heteroatoms. The Morgan fingerprint density at radius 1 is 1.56 bits per heavy atom. The lowest BCUT2D eigenvalue weighted by Gasteiger charge is -2.28. The Kier molecular flexibility index (Phi) is 4.33. The lowest BCUT2D eigenvalue weighted by Crippen LogP contribution is -2.41. The highest BCUT2D eigenvalue weighted by Gasteiger charge is 2.21. The number of rotatable bonds is 3. The number of amides is 1. The fourth-order valence-corrected chi connectivity index (χ4v) is 2.24. The van der Waals surface area contributed by atoms with Crippen molar-refractivity contribution in [3.05, 3.63) is 35.4 Å². The van der Waals surface area contributed by atoms with Crippen LogP contribution in [0.1, 0.15) is 35.7 Å². The SMILES string of the molecule is CC1CC(NC(=O)c2cccc(CN)c2)CCO1. The largest absolute Gasteiger partial charge is 0.378 e. The van der Waals surface area contributed by atoms with E-state index in [2.05, 4.69) is 5.32 Å². The molecule has 4 nitrogen and oxygen atoms in total. The van der Waals surface area contributed by atoms with Crippen LogP contribution in [0.2, 0.25) is 0 Å². The second kappa shape index (κ2) is 5.98. The number of carbonyl (C=O) groups excluding carboxylic acids is 1. The predicted octanol–water partition coefficient (Wildman–Crippen LogP) is 1.44. The van der Waals surface area contributed by atoms with Crippen LogP contribution in [0.15, 0.2) is 24.3 Å². The molecule has 18 heavy (non-hydrogen) atoms. The van der Waals surface area contributed by atoms with Gasteiger partial charge in [0.25, 0.3) is 5.91 Å². The van der Waals surface area contributed by atoms with E-state index in [0.29, 0.717) is 12.1 Å². The van der Waals surface area contributed by atoms with Crippen molar-refractivity contribution in [2.75, 3.05) is 6.61 Å². The maximum absolute atomic E-state index is 12.1. The Bertz CT molecular complexity index is 420. The molecule has 1 saturated heterocycles. The highest BCUT2D eigenvalue weighted by molar-refractivity contribution is 5.94. The molecule has 0 bridgehead atoms. The van der Waals surface area contributed by atoms with Crippen molar-refractivity contribution in [3.63, 3.8) is 0 Å². The second-order valence-electron chi connectivity index (χ2n) is 4.78. The molecule has 0 radical (unpaired) electrons. The number of hydrogen-bond acceptors (Lipinski definition) is 3. The first-order chi connectivity index (χ1) is 8.69. The van der Waals surface area contributed by atoms with E-state index in [1.807, 2.05) is 31.2 Å². The van der Waals surface area contributed by atoms with Crippen molar-refractivity contribution >= 4 is 5.91 Å². The summed E-state index contributed by atoms with van der Waals surface area (Å²) < 4.78 is 5.46. The topological polar surface area (TPSA) is 64.4 Å². The molecule has 1 aliphatic rings. The quantitative estimate of drug-likeness (QED) is 0.850. The summed E-state index contributed by atoms with van der Waals surface area (Å²) in [4.78, 5) is 12.1. The standard InChI is InChI=1S/C14H20N2O2/c1-10-7-13(5-6-18-10)16-14(17)12-4-2-3-11(8-12)9-15/h2-4,8,10,13H,5-7,9,15H2,1H3,(H,16,17). The van der Waals surface area contributed by atoms with Crippen LogP contribution in [0.4, 0.5) is 0 Å². The molecule has 0 spiro atoms. The van der Waals surface area contributed by atoms with Crippen LogP contribution in [0, 0.1) is 0 Å². The van der Waals surface area contributed by atoms with Crippen molar-refractivity contribution < 1.29 is 9.53 Å². The Hall–Kier alpha value is -1.39. The summed E-state index contributed by atoms with van der Waals surface area (Å²) in [6, 6.07) is 7.66. The summed E-state index contributed by atoms with van der Waals surface area (Å²) in [5.74, 6) is -0.0237. The molecule has 0 aliphatic carbocycles. The van der Waals surface area contributed by atoms with Crippen LogP contribution in [0.25, 0.3) is 0 Å². The van der Waals surface area contributed by atoms with Crippen LogP contribution < -0.4 is 11.1 Å². The zero-order chi connectivity index (χ0) is 13.0. The van der Waals surface area contributed by atoms with Gasteiger partial charge in [-0.2, -0.15) is 0 Å². The monoisotopic (exact) mass is 248 g/mol. The number of nitrogens with two attached hydrogens (primary N) is 1. The minimum Gasteiger partial charge on any atom is -0.378 e. The maximum atomic E-state index is 12.1. The minimum absolute atomic E-state index is 0.0237. The zero-order valence-electron chi connectivity index (χ0n) is 10.7. The first-order valence-corrected chi connectivity index (χ1v) is 6.40. The third kappa shape index (κ3) is 3.31. The molecule has 1 aromatic carbocycles. The van der Waals surface area contributed by atoms with Gasteiger partial charge >= 0.3 is 0 Å². The van der Waals surface area contributed by atoms with Crippen molar-refractivity contribution in [1.29, 1.82) is 0 Å². The first kappa shape index (κ1) is 13.1. The summed E-state index contributed by atoms with van der Waals surface area (Å²) in [7, 11) is 0. The van der Waals surface area contributed by atoms with Crippen LogP contribution >= 0.6 is 0 Å². The van der Waals surface area contributed by atoms with E-state index in [-0.39, 0.29) is 18.1 Å². The van der Waals surface area contributed by atoms with E-state index in [1.54, 1.807) is 0 Å². The average Bonchev–Trinajstić information content (AvgIpc) is 2.39. The molecule has 3 N–H and O–H groups in total. The van der Waals surface area contributed by atoms with Gasteiger partial charge in [-0.15, -0.1) is 0 Å². The molecule has 2 atom stereocenters. The Morgan fingerprint density at radius 2 is 2.39 bits per heavy atom. The highest BCUT2D eigenvalue weighted by atomic mass is 16.5. The molecular formula is C14H20N2O2. The van der Waals surface area contributed by atoms with Gasteiger partial charge in [0.2, 0.25) is 0 Å². The molecule has 1 amide bonds. The van der Waals surface area contributed by atoms with Gasteiger partial charge in [0.05, 0.1) is 6.10 Å². The Morgan fingerprint density at radius 3 is 3.11 bits per heavy atom. The number of hydrogen-bond donors (Lipinski definition) is 2. The smallest absolute Gasteiger partial charge is 0.251 e. The van der Waals surface area contributed by atoms with Crippen molar-refractivity contribution in [3.8, 4) is 0 Å². The van der Waals surface area contributed by atoms with Crippen LogP contribution in [-0.4, -0.2) is 24.7 Å². The summed E-state index contributed by atoms with van der Waals surface area (Å²) in [5.41, 5.74) is 7.23. The summed E-state index contributed by atoms with van der Waals surface area (Å²) in [6.07, 6.45) is 1.98. The molecule has 0 saturated carbocycles. The van der Waals surface area contributed by atoms with Crippen LogP contribution in [0.3, 0.4) is 0 Å². The Balaban J connectivity index is 1.98. The van der Waals surface area contributed by atoms with Crippen molar-refractivity contribution in [2.24, 2.45) is 5.73 Å². The molecule has 1 fully saturated rings. The van der Waals surface area contributed by atoms with E-state index in [9.17, 15) is 4.79 Å². The minimum atomic E-state index is -0.0237. The van der Waals surface area contributed by atoms with E-state index < -0.39 is 0 Å². The lowest BCUT2D eigenvalue weighted by atomic mass is 10.0. The highest BCUT2D eigenvalue weighted by Crippen LogP contribution is 2.14. The normalized spacial score (nSPS) is 23.7. The van der Waals surface area contributed by atoms with Crippen LogP contribution in [0.5, 0.6) is 0 Å². The van der Waals surface area contributed by atoms with E-state index >= 15 is 0 Å². The van der Waals surface area contributed by atoms with Gasteiger partial charge in [0, 0.05) is 24.8 Å². The Labute approximate surface area is 108 Å². The van der Waals surface area contributed by atoms with Crippen molar-refractivity contribution in [1.82, 2.24) is 5.32 Å². The van der Waals surface area contributed by atoms with Gasteiger partial charge in [0.15, 0.2) is 0 Å². The van der Waals surface area contributed by atoms with Gasteiger partial charge in [-0.25, -0.2) is 0 Å². The zero-order valence-corrected chi connectivity index (χ0v) is 10.7. The van der Waals surface area contributed by atoms with Gasteiger partial charge in [-0.05, 0) is 37.5 Å². The molecule has 1 aliphatic heterocycles. The number of benzene rings is 1. The molecule has 2 unspecified atom stereocenters. The average molecular weight is 248 g/mol. The van der Waals surface area contributed by atoms with Crippen molar-refractivity contribution in [2.45, 2.75) is 38.5 Å². The number of ether oxygens (including phenoxy) is 1. The molecular weight excluding hydrogens is 228 g/mol. The van der Waals surface area contributed by atoms with E-state index in [4.69, 9.17) is 10.5 Å².